The van der Waals surface area contributed by atoms with Gasteiger partial charge in [0.2, 0.25) is 0 Å². The van der Waals surface area contributed by atoms with Crippen LogP contribution in [0.4, 0.5) is 0 Å². The Bertz CT molecular complexity index is 354. The van der Waals surface area contributed by atoms with Crippen molar-refractivity contribution in [2.45, 2.75) is 38.1 Å². The Labute approximate surface area is 89.2 Å². The SMILES string of the molecule is CCCC1(C(=O)O)CCCN1S(N)(=O)=O. The van der Waals surface area contributed by atoms with E-state index in [4.69, 9.17) is 10.2 Å². The lowest BCUT2D eigenvalue weighted by molar-refractivity contribution is -0.147. The smallest absolute Gasteiger partial charge is 0.325 e. The topological polar surface area (TPSA) is 101 Å². The summed E-state index contributed by atoms with van der Waals surface area (Å²) in [5, 5.41) is 14.2. The summed E-state index contributed by atoms with van der Waals surface area (Å²) in [6.45, 7) is 2.02. The molecule has 1 aliphatic rings. The standard InChI is InChI=1S/C8H16N2O4S/c1-2-4-8(7(11)12)5-3-6-10(8)15(9,13)14/h2-6H2,1H3,(H,11,12)(H2,9,13,14). The zero-order chi connectivity index (χ0) is 11.7. The molecule has 1 heterocycles. The number of carbonyl (C=O) groups is 1. The van der Waals surface area contributed by atoms with E-state index in [1.807, 2.05) is 6.92 Å². The van der Waals surface area contributed by atoms with Crippen molar-refractivity contribution >= 4 is 16.2 Å². The fourth-order valence-corrected chi connectivity index (χ4v) is 3.34. The van der Waals surface area contributed by atoms with Crippen LogP contribution in [0, 0.1) is 0 Å². The van der Waals surface area contributed by atoms with Gasteiger partial charge in [0.15, 0.2) is 0 Å². The van der Waals surface area contributed by atoms with Gasteiger partial charge in [-0.05, 0) is 19.3 Å². The number of carboxylic acid groups (broad SMARTS) is 1. The molecule has 88 valence electrons. The van der Waals surface area contributed by atoms with Crippen LogP contribution in [-0.4, -0.2) is 35.9 Å². The molecule has 15 heavy (non-hydrogen) atoms. The molecule has 1 saturated heterocycles. The van der Waals surface area contributed by atoms with Crippen molar-refractivity contribution in [1.82, 2.24) is 4.31 Å². The number of nitrogens with zero attached hydrogens (tertiary/aromatic N) is 1. The van der Waals surface area contributed by atoms with E-state index in [1.165, 1.54) is 0 Å². The molecule has 0 aromatic heterocycles. The van der Waals surface area contributed by atoms with Gasteiger partial charge >= 0.3 is 5.97 Å². The predicted molar refractivity (Wildman–Crippen MR) is 54.3 cm³/mol. The number of hydrogen-bond donors (Lipinski definition) is 2. The lowest BCUT2D eigenvalue weighted by Gasteiger charge is -2.32. The van der Waals surface area contributed by atoms with Crippen LogP contribution in [-0.2, 0) is 15.0 Å². The molecule has 0 aromatic rings. The third kappa shape index (κ3) is 2.14. The van der Waals surface area contributed by atoms with Crippen molar-refractivity contribution in [2.24, 2.45) is 5.14 Å². The second-order valence-corrected chi connectivity index (χ2v) is 5.28. The first-order valence-electron chi connectivity index (χ1n) is 4.88. The van der Waals surface area contributed by atoms with E-state index in [2.05, 4.69) is 0 Å². The highest BCUT2D eigenvalue weighted by Gasteiger charge is 2.51. The Morgan fingerprint density at radius 3 is 2.60 bits per heavy atom. The molecular weight excluding hydrogens is 220 g/mol. The summed E-state index contributed by atoms with van der Waals surface area (Å²) in [5.41, 5.74) is -1.32. The Balaban J connectivity index is 3.11. The van der Waals surface area contributed by atoms with Crippen LogP contribution in [0.1, 0.15) is 32.6 Å². The lowest BCUT2D eigenvalue weighted by atomic mass is 9.92. The molecule has 3 N–H and O–H groups in total. The molecule has 0 bridgehead atoms. The van der Waals surface area contributed by atoms with Gasteiger partial charge < -0.3 is 5.11 Å². The van der Waals surface area contributed by atoms with E-state index >= 15 is 0 Å². The molecular formula is C8H16N2O4S. The molecule has 0 radical (unpaired) electrons. The third-order valence-electron chi connectivity index (χ3n) is 2.80. The average Bonchev–Trinajstić information content (AvgIpc) is 2.49. The highest BCUT2D eigenvalue weighted by Crippen LogP contribution is 2.35. The van der Waals surface area contributed by atoms with Crippen LogP contribution in [0.3, 0.4) is 0 Å². The number of rotatable bonds is 4. The number of nitrogens with two attached hydrogens (primary N) is 1. The summed E-state index contributed by atoms with van der Waals surface area (Å²) in [6.07, 6.45) is 1.80. The van der Waals surface area contributed by atoms with Crippen LogP contribution in [0.25, 0.3) is 0 Å². The molecule has 1 aliphatic heterocycles. The Morgan fingerprint density at radius 1 is 1.60 bits per heavy atom. The zero-order valence-electron chi connectivity index (χ0n) is 8.64. The number of hydrogen-bond acceptors (Lipinski definition) is 3. The summed E-state index contributed by atoms with van der Waals surface area (Å²) in [5.74, 6) is -1.10. The van der Waals surface area contributed by atoms with Crippen molar-refractivity contribution in [2.75, 3.05) is 6.54 Å². The minimum Gasteiger partial charge on any atom is -0.480 e. The Morgan fingerprint density at radius 2 is 2.20 bits per heavy atom. The van der Waals surface area contributed by atoms with Crippen molar-refractivity contribution in [1.29, 1.82) is 0 Å². The number of aliphatic carboxylic acids is 1. The highest BCUT2D eigenvalue weighted by atomic mass is 32.2. The van der Waals surface area contributed by atoms with E-state index in [9.17, 15) is 13.2 Å². The Kier molecular flexibility index (Phi) is 3.37. The number of carboxylic acids is 1. The summed E-state index contributed by atoms with van der Waals surface area (Å²) < 4.78 is 23.5. The molecule has 1 unspecified atom stereocenters. The van der Waals surface area contributed by atoms with Gasteiger partial charge in [-0.15, -0.1) is 0 Å². The van der Waals surface area contributed by atoms with Gasteiger partial charge in [0.25, 0.3) is 10.2 Å². The molecule has 0 saturated carbocycles. The van der Waals surface area contributed by atoms with Gasteiger partial charge in [0.1, 0.15) is 5.54 Å². The molecule has 1 fully saturated rings. The largest absolute Gasteiger partial charge is 0.480 e. The quantitative estimate of drug-likeness (QED) is 0.712. The van der Waals surface area contributed by atoms with Crippen molar-refractivity contribution in [3.8, 4) is 0 Å². The maximum Gasteiger partial charge on any atom is 0.325 e. The van der Waals surface area contributed by atoms with Gasteiger partial charge in [0.05, 0.1) is 0 Å². The zero-order valence-corrected chi connectivity index (χ0v) is 9.46. The van der Waals surface area contributed by atoms with E-state index in [0.29, 0.717) is 25.7 Å². The molecule has 7 heteroatoms. The van der Waals surface area contributed by atoms with Gasteiger partial charge in [-0.1, -0.05) is 13.3 Å². The third-order valence-corrected chi connectivity index (χ3v) is 3.94. The van der Waals surface area contributed by atoms with E-state index < -0.39 is 21.7 Å². The van der Waals surface area contributed by atoms with Gasteiger partial charge in [-0.2, -0.15) is 12.7 Å². The van der Waals surface area contributed by atoms with Crippen LogP contribution >= 0.6 is 0 Å². The monoisotopic (exact) mass is 236 g/mol. The Hall–Kier alpha value is -0.660. The van der Waals surface area contributed by atoms with E-state index in [-0.39, 0.29) is 6.54 Å². The first kappa shape index (κ1) is 12.4. The maximum atomic E-state index is 11.3. The lowest BCUT2D eigenvalue weighted by Crippen LogP contribution is -2.54. The first-order valence-corrected chi connectivity index (χ1v) is 6.39. The van der Waals surface area contributed by atoms with Crippen molar-refractivity contribution < 1.29 is 18.3 Å². The molecule has 0 aliphatic carbocycles. The summed E-state index contributed by atoms with van der Waals surface area (Å²) in [4.78, 5) is 11.2. The van der Waals surface area contributed by atoms with E-state index in [1.54, 1.807) is 0 Å². The summed E-state index contributed by atoms with van der Waals surface area (Å²) in [7, 11) is -3.92. The van der Waals surface area contributed by atoms with Crippen molar-refractivity contribution in [3.05, 3.63) is 0 Å². The maximum absolute atomic E-state index is 11.3. The molecule has 0 spiro atoms. The van der Waals surface area contributed by atoms with Crippen LogP contribution in [0.5, 0.6) is 0 Å². The summed E-state index contributed by atoms with van der Waals surface area (Å²) in [6, 6.07) is 0. The molecule has 1 atom stereocenters. The van der Waals surface area contributed by atoms with Gasteiger partial charge in [0, 0.05) is 6.54 Å². The molecule has 6 nitrogen and oxygen atoms in total. The fourth-order valence-electron chi connectivity index (χ4n) is 2.21. The minimum absolute atomic E-state index is 0.200. The molecule has 0 aromatic carbocycles. The highest BCUT2D eigenvalue weighted by molar-refractivity contribution is 7.86. The molecule has 1 rings (SSSR count). The van der Waals surface area contributed by atoms with Crippen LogP contribution in [0.2, 0.25) is 0 Å². The van der Waals surface area contributed by atoms with Crippen LogP contribution in [0.15, 0.2) is 0 Å². The fraction of sp³-hybridized carbons (Fsp3) is 0.875. The minimum atomic E-state index is -3.92. The molecule has 0 amide bonds. The normalized spacial score (nSPS) is 28.1. The predicted octanol–water partition coefficient (Wildman–Crippen LogP) is -0.0908. The average molecular weight is 236 g/mol. The second kappa shape index (κ2) is 4.07. The van der Waals surface area contributed by atoms with Crippen LogP contribution < -0.4 is 5.14 Å². The van der Waals surface area contributed by atoms with E-state index in [0.717, 1.165) is 4.31 Å². The van der Waals surface area contributed by atoms with Crippen molar-refractivity contribution in [3.63, 3.8) is 0 Å². The first-order chi connectivity index (χ1) is 6.84. The second-order valence-electron chi connectivity index (χ2n) is 3.81. The summed E-state index contributed by atoms with van der Waals surface area (Å²) >= 11 is 0. The van der Waals surface area contributed by atoms with Gasteiger partial charge in [-0.25, -0.2) is 5.14 Å². The van der Waals surface area contributed by atoms with Gasteiger partial charge in [-0.3, -0.25) is 4.79 Å².